The Morgan fingerprint density at radius 2 is 2.32 bits per heavy atom. The fourth-order valence-corrected chi connectivity index (χ4v) is 2.27. The molecular formula is C13H17ClN4O. The zero-order valence-corrected chi connectivity index (χ0v) is 11.7. The summed E-state index contributed by atoms with van der Waals surface area (Å²) in [6.07, 6.45) is 3.51. The molecule has 0 aliphatic heterocycles. The number of hydrogen-bond donors (Lipinski definition) is 1. The molecule has 102 valence electrons. The maximum absolute atomic E-state index is 10.8. The van der Waals surface area contributed by atoms with Crippen LogP contribution in [0.5, 0.6) is 0 Å². The molecule has 0 spiro atoms. The second kappa shape index (κ2) is 6.02. The van der Waals surface area contributed by atoms with Gasteiger partial charge in [0.1, 0.15) is 11.3 Å². The van der Waals surface area contributed by atoms with E-state index in [2.05, 4.69) is 9.97 Å². The number of fused-ring (bicyclic) bond motifs is 1. The van der Waals surface area contributed by atoms with Gasteiger partial charge in [0, 0.05) is 31.5 Å². The molecule has 19 heavy (non-hydrogen) atoms. The Morgan fingerprint density at radius 3 is 3.00 bits per heavy atom. The highest BCUT2D eigenvalue weighted by molar-refractivity contribution is 6.17. The minimum atomic E-state index is -0.285. The van der Waals surface area contributed by atoms with Crippen molar-refractivity contribution in [3.8, 4) is 0 Å². The van der Waals surface area contributed by atoms with Gasteiger partial charge in [0.25, 0.3) is 0 Å². The van der Waals surface area contributed by atoms with Gasteiger partial charge in [-0.25, -0.2) is 9.97 Å². The van der Waals surface area contributed by atoms with Crippen molar-refractivity contribution in [1.29, 1.82) is 0 Å². The van der Waals surface area contributed by atoms with Gasteiger partial charge in [0.15, 0.2) is 5.65 Å². The first-order chi connectivity index (χ1) is 9.13. The third kappa shape index (κ3) is 3.04. The van der Waals surface area contributed by atoms with Crippen molar-refractivity contribution < 1.29 is 4.79 Å². The number of aromatic nitrogens is 3. The maximum Gasteiger partial charge on any atom is 0.217 e. The Morgan fingerprint density at radius 1 is 1.53 bits per heavy atom. The van der Waals surface area contributed by atoms with E-state index >= 15 is 0 Å². The number of pyridine rings is 1. The summed E-state index contributed by atoms with van der Waals surface area (Å²) in [4.78, 5) is 19.8. The van der Waals surface area contributed by atoms with Crippen LogP contribution in [0.2, 0.25) is 0 Å². The molecule has 2 N–H and O–H groups in total. The molecule has 0 saturated heterocycles. The number of imidazole rings is 1. The lowest BCUT2D eigenvalue weighted by molar-refractivity contribution is -0.118. The van der Waals surface area contributed by atoms with E-state index in [9.17, 15) is 4.79 Å². The Balaban J connectivity index is 2.35. The average molecular weight is 281 g/mol. The minimum Gasteiger partial charge on any atom is -0.370 e. The quantitative estimate of drug-likeness (QED) is 0.820. The van der Waals surface area contributed by atoms with E-state index < -0.39 is 0 Å². The number of halogens is 1. The molecule has 0 saturated carbocycles. The number of carbonyl (C=O) groups excluding carboxylic acids is 1. The van der Waals surface area contributed by atoms with Crippen LogP contribution in [0.1, 0.15) is 24.2 Å². The molecule has 2 heterocycles. The first-order valence-electron chi connectivity index (χ1n) is 6.28. The summed E-state index contributed by atoms with van der Waals surface area (Å²) >= 11 is 5.81. The fraction of sp³-hybridized carbons (Fsp3) is 0.462. The van der Waals surface area contributed by atoms with Crippen molar-refractivity contribution >= 4 is 28.7 Å². The van der Waals surface area contributed by atoms with Crippen LogP contribution >= 0.6 is 11.6 Å². The topological polar surface area (TPSA) is 73.8 Å². The van der Waals surface area contributed by atoms with Gasteiger partial charge in [-0.05, 0) is 25.0 Å². The Hall–Kier alpha value is -1.62. The smallest absolute Gasteiger partial charge is 0.217 e. The zero-order valence-electron chi connectivity index (χ0n) is 10.9. The largest absolute Gasteiger partial charge is 0.370 e. The lowest BCUT2D eigenvalue weighted by Gasteiger charge is -2.06. The lowest BCUT2D eigenvalue weighted by atomic mass is 10.2. The van der Waals surface area contributed by atoms with Gasteiger partial charge in [-0.3, -0.25) is 4.79 Å². The van der Waals surface area contributed by atoms with Gasteiger partial charge >= 0.3 is 0 Å². The van der Waals surface area contributed by atoms with E-state index in [1.165, 1.54) is 0 Å². The van der Waals surface area contributed by atoms with Crippen LogP contribution in [0.15, 0.2) is 12.3 Å². The summed E-state index contributed by atoms with van der Waals surface area (Å²) in [6.45, 7) is 2.69. The highest BCUT2D eigenvalue weighted by Crippen LogP contribution is 2.18. The highest BCUT2D eigenvalue weighted by Gasteiger charge is 2.12. The van der Waals surface area contributed by atoms with Gasteiger partial charge in [0.2, 0.25) is 5.91 Å². The molecule has 6 heteroatoms. The molecule has 0 atom stereocenters. The van der Waals surface area contributed by atoms with Crippen LogP contribution < -0.4 is 5.73 Å². The average Bonchev–Trinajstić information content (AvgIpc) is 2.70. The number of aryl methyl sites for hydroxylation is 3. The van der Waals surface area contributed by atoms with Crippen LogP contribution in [0.25, 0.3) is 11.2 Å². The van der Waals surface area contributed by atoms with Crippen molar-refractivity contribution in [3.63, 3.8) is 0 Å². The normalized spacial score (nSPS) is 11.1. The summed E-state index contributed by atoms with van der Waals surface area (Å²) in [5, 5.41) is 0. The third-order valence-corrected chi connectivity index (χ3v) is 3.23. The van der Waals surface area contributed by atoms with E-state index in [-0.39, 0.29) is 5.91 Å². The summed E-state index contributed by atoms with van der Waals surface area (Å²) < 4.78 is 2.04. The van der Waals surface area contributed by atoms with Gasteiger partial charge < -0.3 is 10.3 Å². The number of primary amides is 1. The summed E-state index contributed by atoms with van der Waals surface area (Å²) in [7, 11) is 0. The summed E-state index contributed by atoms with van der Waals surface area (Å²) in [5.74, 6) is 1.14. The van der Waals surface area contributed by atoms with E-state index in [0.29, 0.717) is 31.7 Å². The third-order valence-electron chi connectivity index (χ3n) is 3.04. The van der Waals surface area contributed by atoms with E-state index in [0.717, 1.165) is 22.6 Å². The first kappa shape index (κ1) is 13.8. The predicted molar refractivity (Wildman–Crippen MR) is 75.1 cm³/mol. The molecule has 0 aliphatic rings. The fourth-order valence-electron chi connectivity index (χ4n) is 2.11. The molecule has 2 aromatic heterocycles. The Labute approximate surface area is 116 Å². The van der Waals surface area contributed by atoms with Crippen molar-refractivity contribution in [2.45, 2.75) is 32.7 Å². The van der Waals surface area contributed by atoms with E-state index in [1.54, 1.807) is 6.20 Å². The lowest BCUT2D eigenvalue weighted by Crippen LogP contribution is -2.12. The standard InChI is InChI=1S/C13H17ClN4O/c1-9-5-7-16-13-12(9)17-11(4-6-14)18(13)8-2-3-10(15)19/h5,7H,2-4,6,8H2,1H3,(H2,15,19). The number of alkyl halides is 1. The SMILES string of the molecule is Cc1ccnc2c1nc(CCCl)n2CCCC(N)=O. The van der Waals surface area contributed by atoms with Crippen LogP contribution in [-0.2, 0) is 17.8 Å². The molecule has 1 amide bonds. The van der Waals surface area contributed by atoms with Crippen LogP contribution in [0.3, 0.4) is 0 Å². The Kier molecular flexibility index (Phi) is 4.37. The molecule has 0 unspecified atom stereocenters. The zero-order chi connectivity index (χ0) is 13.8. The number of amides is 1. The minimum absolute atomic E-state index is 0.285. The van der Waals surface area contributed by atoms with Gasteiger partial charge in [-0.2, -0.15) is 0 Å². The molecule has 0 bridgehead atoms. The summed E-state index contributed by atoms with van der Waals surface area (Å²) in [6, 6.07) is 1.94. The number of nitrogens with zero attached hydrogens (tertiary/aromatic N) is 3. The van der Waals surface area contributed by atoms with Crippen molar-refractivity contribution in [1.82, 2.24) is 14.5 Å². The van der Waals surface area contributed by atoms with Crippen molar-refractivity contribution in [2.75, 3.05) is 5.88 Å². The number of nitrogens with two attached hydrogens (primary N) is 1. The molecule has 0 radical (unpaired) electrons. The summed E-state index contributed by atoms with van der Waals surface area (Å²) in [5.41, 5.74) is 8.01. The number of rotatable bonds is 6. The monoisotopic (exact) mass is 280 g/mol. The van der Waals surface area contributed by atoms with Gasteiger partial charge in [-0.15, -0.1) is 11.6 Å². The molecular weight excluding hydrogens is 264 g/mol. The maximum atomic E-state index is 10.8. The van der Waals surface area contributed by atoms with E-state index in [1.807, 2.05) is 17.6 Å². The molecule has 2 rings (SSSR count). The molecule has 2 aromatic rings. The molecule has 0 aromatic carbocycles. The van der Waals surface area contributed by atoms with Crippen molar-refractivity contribution in [2.24, 2.45) is 5.73 Å². The first-order valence-corrected chi connectivity index (χ1v) is 6.82. The van der Waals surface area contributed by atoms with Crippen LogP contribution in [-0.4, -0.2) is 26.3 Å². The van der Waals surface area contributed by atoms with Gasteiger partial charge in [0.05, 0.1) is 0 Å². The second-order valence-corrected chi connectivity index (χ2v) is 4.87. The second-order valence-electron chi connectivity index (χ2n) is 4.49. The van der Waals surface area contributed by atoms with E-state index in [4.69, 9.17) is 17.3 Å². The molecule has 0 fully saturated rings. The molecule has 5 nitrogen and oxygen atoms in total. The molecule has 0 aliphatic carbocycles. The number of hydrogen-bond acceptors (Lipinski definition) is 3. The van der Waals surface area contributed by atoms with Crippen molar-refractivity contribution in [3.05, 3.63) is 23.7 Å². The van der Waals surface area contributed by atoms with Crippen LogP contribution in [0.4, 0.5) is 0 Å². The highest BCUT2D eigenvalue weighted by atomic mass is 35.5. The predicted octanol–water partition coefficient (Wildman–Crippen LogP) is 1.79. The van der Waals surface area contributed by atoms with Crippen LogP contribution in [0, 0.1) is 6.92 Å². The van der Waals surface area contributed by atoms with Gasteiger partial charge in [-0.1, -0.05) is 0 Å². The number of carbonyl (C=O) groups is 1. The Bertz CT molecular complexity index is 594.